The summed E-state index contributed by atoms with van der Waals surface area (Å²) in [7, 11) is 0. The van der Waals surface area contributed by atoms with Gasteiger partial charge in [-0.1, -0.05) is 25.1 Å². The molecule has 1 saturated carbocycles. The van der Waals surface area contributed by atoms with Gasteiger partial charge in [-0.05, 0) is 54.5 Å². The lowest BCUT2D eigenvalue weighted by Gasteiger charge is -2.08. The van der Waals surface area contributed by atoms with Crippen molar-refractivity contribution >= 4 is 29.3 Å². The molecule has 3 rings (SSSR count). The van der Waals surface area contributed by atoms with Crippen LogP contribution >= 0.6 is 11.8 Å². The van der Waals surface area contributed by atoms with Gasteiger partial charge in [-0.2, -0.15) is 11.8 Å². The number of benzene rings is 2. The number of thioether (sulfide) groups is 1. The zero-order valence-electron chi connectivity index (χ0n) is 14.2. The molecule has 0 unspecified atom stereocenters. The molecule has 2 amide bonds. The Labute approximate surface area is 152 Å². The Morgan fingerprint density at radius 3 is 2.48 bits per heavy atom. The van der Waals surface area contributed by atoms with Crippen LogP contribution in [-0.4, -0.2) is 23.6 Å². The van der Waals surface area contributed by atoms with Crippen molar-refractivity contribution < 1.29 is 9.59 Å². The minimum Gasteiger partial charge on any atom is -0.349 e. The van der Waals surface area contributed by atoms with Crippen LogP contribution in [0.4, 0.5) is 5.69 Å². The van der Waals surface area contributed by atoms with Crippen LogP contribution in [0.1, 0.15) is 46.0 Å². The highest BCUT2D eigenvalue weighted by Crippen LogP contribution is 2.20. The number of anilines is 1. The SMILES string of the molecule is CCSCc1ccc(C(=O)Nc2cccc(C(=O)NC3CC3)c2)cc1. The van der Waals surface area contributed by atoms with Crippen LogP contribution in [0.15, 0.2) is 48.5 Å². The molecule has 0 aromatic heterocycles. The third-order valence-corrected chi connectivity index (χ3v) is 4.93. The Morgan fingerprint density at radius 1 is 1.04 bits per heavy atom. The van der Waals surface area contributed by atoms with Crippen molar-refractivity contribution in [3.63, 3.8) is 0 Å². The molecule has 130 valence electrons. The van der Waals surface area contributed by atoms with Gasteiger partial charge in [0, 0.05) is 28.6 Å². The summed E-state index contributed by atoms with van der Waals surface area (Å²) in [6.07, 6.45) is 2.10. The molecule has 1 aliphatic rings. The molecule has 0 spiro atoms. The van der Waals surface area contributed by atoms with Gasteiger partial charge in [0.05, 0.1) is 0 Å². The molecular formula is C20H22N2O2S. The van der Waals surface area contributed by atoms with Gasteiger partial charge in [0.25, 0.3) is 11.8 Å². The molecule has 0 atom stereocenters. The second-order valence-corrected chi connectivity index (χ2v) is 7.39. The maximum Gasteiger partial charge on any atom is 0.255 e. The van der Waals surface area contributed by atoms with E-state index in [0.717, 1.165) is 24.3 Å². The molecule has 1 aliphatic carbocycles. The lowest BCUT2D eigenvalue weighted by atomic mass is 10.1. The number of nitrogens with one attached hydrogen (secondary N) is 2. The molecule has 2 N–H and O–H groups in total. The summed E-state index contributed by atoms with van der Waals surface area (Å²) >= 11 is 1.85. The van der Waals surface area contributed by atoms with Crippen molar-refractivity contribution in [1.82, 2.24) is 5.32 Å². The third kappa shape index (κ3) is 5.10. The van der Waals surface area contributed by atoms with E-state index in [-0.39, 0.29) is 11.8 Å². The van der Waals surface area contributed by atoms with Crippen molar-refractivity contribution in [2.75, 3.05) is 11.1 Å². The molecule has 2 aromatic carbocycles. The van der Waals surface area contributed by atoms with Gasteiger partial charge in [0.1, 0.15) is 0 Å². The Hall–Kier alpha value is -2.27. The average Bonchev–Trinajstić information content (AvgIpc) is 3.44. The highest BCUT2D eigenvalue weighted by atomic mass is 32.2. The fraction of sp³-hybridized carbons (Fsp3) is 0.300. The summed E-state index contributed by atoms with van der Waals surface area (Å²) in [5.74, 6) is 1.77. The molecular weight excluding hydrogens is 332 g/mol. The van der Waals surface area contributed by atoms with Gasteiger partial charge < -0.3 is 10.6 Å². The smallest absolute Gasteiger partial charge is 0.255 e. The molecule has 5 heteroatoms. The van der Waals surface area contributed by atoms with Gasteiger partial charge in [-0.3, -0.25) is 9.59 Å². The number of amides is 2. The van der Waals surface area contributed by atoms with Gasteiger partial charge in [0.2, 0.25) is 0 Å². The number of hydrogen-bond donors (Lipinski definition) is 2. The topological polar surface area (TPSA) is 58.2 Å². The van der Waals surface area contributed by atoms with Crippen molar-refractivity contribution in [3.05, 3.63) is 65.2 Å². The van der Waals surface area contributed by atoms with Crippen LogP contribution in [0.2, 0.25) is 0 Å². The van der Waals surface area contributed by atoms with E-state index in [9.17, 15) is 9.59 Å². The highest BCUT2D eigenvalue weighted by molar-refractivity contribution is 7.98. The van der Waals surface area contributed by atoms with Crippen LogP contribution in [0, 0.1) is 0 Å². The van der Waals surface area contributed by atoms with Crippen LogP contribution in [0.3, 0.4) is 0 Å². The first-order valence-corrected chi connectivity index (χ1v) is 9.70. The molecule has 0 saturated heterocycles. The molecule has 0 radical (unpaired) electrons. The Morgan fingerprint density at radius 2 is 1.80 bits per heavy atom. The van der Waals surface area contributed by atoms with Gasteiger partial charge in [-0.15, -0.1) is 0 Å². The van der Waals surface area contributed by atoms with Crippen LogP contribution in [-0.2, 0) is 5.75 Å². The Balaban J connectivity index is 1.63. The number of hydrogen-bond acceptors (Lipinski definition) is 3. The minimum atomic E-state index is -0.172. The normalized spacial score (nSPS) is 13.3. The van der Waals surface area contributed by atoms with E-state index in [1.54, 1.807) is 24.3 Å². The number of rotatable bonds is 7. The van der Waals surface area contributed by atoms with Gasteiger partial charge in [-0.25, -0.2) is 0 Å². The van der Waals surface area contributed by atoms with E-state index in [0.29, 0.717) is 22.9 Å². The Kier molecular flexibility index (Phi) is 5.76. The predicted molar refractivity (Wildman–Crippen MR) is 103 cm³/mol. The molecule has 1 fully saturated rings. The largest absolute Gasteiger partial charge is 0.349 e. The summed E-state index contributed by atoms with van der Waals surface area (Å²) in [6.45, 7) is 2.13. The minimum absolute atomic E-state index is 0.0867. The van der Waals surface area contributed by atoms with Gasteiger partial charge in [0.15, 0.2) is 0 Å². The third-order valence-electron chi connectivity index (χ3n) is 3.98. The zero-order chi connectivity index (χ0) is 17.6. The summed E-state index contributed by atoms with van der Waals surface area (Å²) in [5, 5.41) is 5.81. The predicted octanol–water partition coefficient (Wildman–Crippen LogP) is 4.08. The molecule has 4 nitrogen and oxygen atoms in total. The van der Waals surface area contributed by atoms with Crippen molar-refractivity contribution in [1.29, 1.82) is 0 Å². The number of carbonyl (C=O) groups excluding carboxylic acids is 2. The van der Waals surface area contributed by atoms with Crippen LogP contribution in [0.25, 0.3) is 0 Å². The first-order valence-electron chi connectivity index (χ1n) is 8.54. The van der Waals surface area contributed by atoms with E-state index in [1.807, 2.05) is 36.0 Å². The maximum absolute atomic E-state index is 12.4. The first kappa shape index (κ1) is 17.5. The summed E-state index contributed by atoms with van der Waals surface area (Å²) in [6, 6.07) is 15.0. The molecule has 0 aliphatic heterocycles. The van der Waals surface area contributed by atoms with Crippen molar-refractivity contribution in [2.45, 2.75) is 31.6 Å². The van der Waals surface area contributed by atoms with E-state index in [1.165, 1.54) is 5.56 Å². The van der Waals surface area contributed by atoms with Crippen LogP contribution in [0.5, 0.6) is 0 Å². The fourth-order valence-corrected chi connectivity index (χ4v) is 3.04. The number of carbonyl (C=O) groups is 2. The maximum atomic E-state index is 12.4. The van der Waals surface area contributed by atoms with E-state index < -0.39 is 0 Å². The zero-order valence-corrected chi connectivity index (χ0v) is 15.1. The van der Waals surface area contributed by atoms with Gasteiger partial charge >= 0.3 is 0 Å². The lowest BCUT2D eigenvalue weighted by molar-refractivity contribution is 0.0949. The average molecular weight is 354 g/mol. The Bertz CT molecular complexity index is 755. The summed E-state index contributed by atoms with van der Waals surface area (Å²) in [4.78, 5) is 24.5. The quantitative estimate of drug-likeness (QED) is 0.787. The van der Waals surface area contributed by atoms with Crippen molar-refractivity contribution in [2.24, 2.45) is 0 Å². The van der Waals surface area contributed by atoms with E-state index in [2.05, 4.69) is 17.6 Å². The molecule has 0 heterocycles. The van der Waals surface area contributed by atoms with E-state index in [4.69, 9.17) is 0 Å². The first-order chi connectivity index (χ1) is 12.2. The summed E-state index contributed by atoms with van der Waals surface area (Å²) < 4.78 is 0. The van der Waals surface area contributed by atoms with Crippen molar-refractivity contribution in [3.8, 4) is 0 Å². The van der Waals surface area contributed by atoms with E-state index >= 15 is 0 Å². The molecule has 2 aromatic rings. The second-order valence-electron chi connectivity index (χ2n) is 6.12. The second kappa shape index (κ2) is 8.21. The lowest BCUT2D eigenvalue weighted by Crippen LogP contribution is -2.25. The van der Waals surface area contributed by atoms with Crippen LogP contribution < -0.4 is 10.6 Å². The standard InChI is InChI=1S/C20H22N2O2S/c1-2-25-13-14-6-8-15(9-7-14)19(23)22-18-5-3-4-16(12-18)20(24)21-17-10-11-17/h3-9,12,17H,2,10-11,13H2,1H3,(H,21,24)(H,22,23). The molecule has 25 heavy (non-hydrogen) atoms. The monoisotopic (exact) mass is 354 g/mol. The highest BCUT2D eigenvalue weighted by Gasteiger charge is 2.23. The summed E-state index contributed by atoms with van der Waals surface area (Å²) in [5.41, 5.74) is 3.01. The molecule has 0 bridgehead atoms. The fourth-order valence-electron chi connectivity index (χ4n) is 2.41.